The van der Waals surface area contributed by atoms with E-state index < -0.39 is 0 Å². The van der Waals surface area contributed by atoms with Gasteiger partial charge < -0.3 is 5.11 Å². The van der Waals surface area contributed by atoms with Gasteiger partial charge in [-0.1, -0.05) is 65.7 Å². The van der Waals surface area contributed by atoms with Crippen molar-refractivity contribution in [3.05, 3.63) is 76.0 Å². The summed E-state index contributed by atoms with van der Waals surface area (Å²) in [7, 11) is 0. The van der Waals surface area contributed by atoms with Gasteiger partial charge in [0.2, 0.25) is 0 Å². The summed E-state index contributed by atoms with van der Waals surface area (Å²) in [4.78, 5) is 12.3. The molecular formula is C16H12Cl2O2. The minimum Gasteiger partial charge on any atom is -0.507 e. The Balaban J connectivity index is 2.53. The zero-order valence-corrected chi connectivity index (χ0v) is 12.0. The van der Waals surface area contributed by atoms with Crippen molar-refractivity contribution in [1.82, 2.24) is 0 Å². The quantitative estimate of drug-likeness (QED) is 0.814. The SMILES string of the molecule is O=C1CC=C(Cl)C(Cl)=CC=CC(O)=C1c1ccccc1. The van der Waals surface area contributed by atoms with Crippen LogP contribution >= 0.6 is 23.2 Å². The fourth-order valence-corrected chi connectivity index (χ4v) is 2.12. The van der Waals surface area contributed by atoms with E-state index in [1.165, 1.54) is 12.2 Å². The largest absolute Gasteiger partial charge is 0.507 e. The Morgan fingerprint density at radius 2 is 1.75 bits per heavy atom. The molecular weight excluding hydrogens is 295 g/mol. The fraction of sp³-hybridized carbons (Fsp3) is 0.0625. The first kappa shape index (κ1) is 14.6. The van der Waals surface area contributed by atoms with Gasteiger partial charge in [-0.25, -0.2) is 0 Å². The molecule has 0 saturated carbocycles. The molecule has 20 heavy (non-hydrogen) atoms. The third-order valence-electron chi connectivity index (χ3n) is 2.79. The van der Waals surface area contributed by atoms with Crippen LogP contribution in [-0.2, 0) is 4.79 Å². The minimum atomic E-state index is -0.220. The monoisotopic (exact) mass is 306 g/mol. The first-order chi connectivity index (χ1) is 9.59. The van der Waals surface area contributed by atoms with E-state index in [2.05, 4.69) is 0 Å². The third kappa shape index (κ3) is 3.41. The molecule has 0 fully saturated rings. The second-order valence-corrected chi connectivity index (χ2v) is 4.99. The van der Waals surface area contributed by atoms with E-state index in [-0.39, 0.29) is 23.5 Å². The van der Waals surface area contributed by atoms with Gasteiger partial charge >= 0.3 is 0 Å². The maximum Gasteiger partial charge on any atom is 0.171 e. The van der Waals surface area contributed by atoms with Gasteiger partial charge in [0.25, 0.3) is 0 Å². The van der Waals surface area contributed by atoms with Crippen LogP contribution < -0.4 is 0 Å². The van der Waals surface area contributed by atoms with Gasteiger partial charge in [0, 0.05) is 6.42 Å². The molecule has 1 aromatic rings. The van der Waals surface area contributed by atoms with Crippen LogP contribution in [0.25, 0.3) is 5.57 Å². The molecule has 0 aliphatic heterocycles. The number of rotatable bonds is 1. The van der Waals surface area contributed by atoms with Crippen LogP contribution in [0.4, 0.5) is 0 Å². The number of allylic oxidation sites excluding steroid dienone is 7. The van der Waals surface area contributed by atoms with Gasteiger partial charge in [-0.3, -0.25) is 4.79 Å². The van der Waals surface area contributed by atoms with Gasteiger partial charge in [0.1, 0.15) is 5.76 Å². The lowest BCUT2D eigenvalue weighted by Crippen LogP contribution is -2.04. The highest BCUT2D eigenvalue weighted by atomic mass is 35.5. The lowest BCUT2D eigenvalue weighted by molar-refractivity contribution is -0.113. The highest BCUT2D eigenvalue weighted by Crippen LogP contribution is 2.25. The topological polar surface area (TPSA) is 37.3 Å². The Labute approximate surface area is 127 Å². The van der Waals surface area contributed by atoms with E-state index in [9.17, 15) is 9.90 Å². The molecule has 102 valence electrons. The molecule has 0 atom stereocenters. The number of carbonyl (C=O) groups is 1. The molecule has 1 aliphatic rings. The molecule has 1 N–H and O–H groups in total. The van der Waals surface area contributed by atoms with E-state index in [1.807, 2.05) is 18.2 Å². The van der Waals surface area contributed by atoms with Gasteiger partial charge in [-0.2, -0.15) is 0 Å². The van der Waals surface area contributed by atoms with Crippen molar-refractivity contribution >= 4 is 34.6 Å². The minimum absolute atomic E-state index is 0.0744. The molecule has 0 amide bonds. The number of aliphatic hydroxyl groups is 1. The van der Waals surface area contributed by atoms with Crippen LogP contribution in [0, 0.1) is 0 Å². The summed E-state index contributed by atoms with van der Waals surface area (Å²) < 4.78 is 0. The van der Waals surface area contributed by atoms with Crippen molar-refractivity contribution < 1.29 is 9.90 Å². The summed E-state index contributed by atoms with van der Waals surface area (Å²) in [6.45, 7) is 0. The second-order valence-electron chi connectivity index (χ2n) is 4.18. The van der Waals surface area contributed by atoms with Crippen molar-refractivity contribution in [3.8, 4) is 0 Å². The van der Waals surface area contributed by atoms with Gasteiger partial charge in [0.15, 0.2) is 5.78 Å². The number of carbonyl (C=O) groups excluding carboxylic acids is 1. The molecule has 0 unspecified atom stereocenters. The van der Waals surface area contributed by atoms with Crippen LogP contribution in [-0.4, -0.2) is 10.9 Å². The highest BCUT2D eigenvalue weighted by Gasteiger charge is 2.16. The highest BCUT2D eigenvalue weighted by molar-refractivity contribution is 6.44. The summed E-state index contributed by atoms with van der Waals surface area (Å²) >= 11 is 11.9. The molecule has 2 rings (SSSR count). The maximum atomic E-state index is 12.3. The lowest BCUT2D eigenvalue weighted by Gasteiger charge is -2.08. The number of aliphatic hydroxyl groups excluding tert-OH is 1. The first-order valence-electron chi connectivity index (χ1n) is 6.01. The normalized spacial score (nSPS) is 16.8. The maximum absolute atomic E-state index is 12.3. The molecule has 0 saturated heterocycles. The average Bonchev–Trinajstić information content (AvgIpc) is 2.45. The van der Waals surface area contributed by atoms with E-state index in [0.717, 1.165) is 0 Å². The van der Waals surface area contributed by atoms with Crippen LogP contribution in [0.5, 0.6) is 0 Å². The van der Waals surface area contributed by atoms with Crippen molar-refractivity contribution in [1.29, 1.82) is 0 Å². The van der Waals surface area contributed by atoms with Gasteiger partial charge in [0.05, 0.1) is 15.6 Å². The molecule has 4 heteroatoms. The van der Waals surface area contributed by atoms with Crippen molar-refractivity contribution in [2.75, 3.05) is 0 Å². The molecule has 1 aliphatic carbocycles. The molecule has 0 spiro atoms. The van der Waals surface area contributed by atoms with Crippen molar-refractivity contribution in [2.24, 2.45) is 0 Å². The molecule has 0 heterocycles. The standard InChI is InChI=1S/C16H12Cl2O2/c17-12-7-4-8-14(19)16(11-5-2-1-3-6-11)15(20)10-9-13(12)18/h1-9,19H,10H2. The first-order valence-corrected chi connectivity index (χ1v) is 6.77. The van der Waals surface area contributed by atoms with Crippen LogP contribution in [0.15, 0.2) is 70.5 Å². The number of ketones is 1. The zero-order valence-electron chi connectivity index (χ0n) is 10.5. The predicted molar refractivity (Wildman–Crippen MR) is 82.6 cm³/mol. The van der Waals surface area contributed by atoms with E-state index in [4.69, 9.17) is 23.2 Å². The summed E-state index contributed by atoms with van der Waals surface area (Å²) in [6, 6.07) is 9.02. The summed E-state index contributed by atoms with van der Waals surface area (Å²) in [6.07, 6.45) is 6.16. The van der Waals surface area contributed by atoms with E-state index >= 15 is 0 Å². The molecule has 1 aromatic carbocycles. The summed E-state index contributed by atoms with van der Waals surface area (Å²) in [5, 5.41) is 10.8. The van der Waals surface area contributed by atoms with Crippen LogP contribution in [0.1, 0.15) is 12.0 Å². The third-order valence-corrected chi connectivity index (χ3v) is 3.57. The second kappa shape index (κ2) is 6.60. The number of hydrogen-bond acceptors (Lipinski definition) is 2. The molecule has 2 nitrogen and oxygen atoms in total. The Morgan fingerprint density at radius 3 is 2.45 bits per heavy atom. The van der Waals surface area contributed by atoms with Crippen LogP contribution in [0.3, 0.4) is 0 Å². The van der Waals surface area contributed by atoms with E-state index in [0.29, 0.717) is 15.6 Å². The van der Waals surface area contributed by atoms with Crippen LogP contribution in [0.2, 0.25) is 0 Å². The fourth-order valence-electron chi connectivity index (χ4n) is 1.83. The van der Waals surface area contributed by atoms with Gasteiger partial charge in [-0.05, 0) is 17.7 Å². The summed E-state index contributed by atoms with van der Waals surface area (Å²) in [5.41, 5.74) is 0.939. The Bertz CT molecular complexity index is 638. The number of Topliss-reactive ketones (excluding diaryl/α,β-unsaturated/α-hetero) is 1. The molecule has 0 aromatic heterocycles. The van der Waals surface area contributed by atoms with Gasteiger partial charge in [-0.15, -0.1) is 0 Å². The number of benzene rings is 1. The van der Waals surface area contributed by atoms with E-state index in [1.54, 1.807) is 24.3 Å². The Morgan fingerprint density at radius 1 is 1.05 bits per heavy atom. The summed E-state index contributed by atoms with van der Waals surface area (Å²) in [5.74, 6) is -0.309. The Hall–Kier alpha value is -1.77. The number of halogens is 2. The number of hydrogen-bond donors (Lipinski definition) is 1. The van der Waals surface area contributed by atoms with Crippen molar-refractivity contribution in [3.63, 3.8) is 0 Å². The average molecular weight is 307 g/mol. The smallest absolute Gasteiger partial charge is 0.171 e. The molecule has 0 radical (unpaired) electrons. The predicted octanol–water partition coefficient (Wildman–Crippen LogP) is 4.73. The zero-order chi connectivity index (χ0) is 14.5. The van der Waals surface area contributed by atoms with Crippen molar-refractivity contribution in [2.45, 2.75) is 6.42 Å². The lowest BCUT2D eigenvalue weighted by atomic mass is 9.97. The molecule has 0 bridgehead atoms. The Kier molecular flexibility index (Phi) is 4.83.